The highest BCUT2D eigenvalue weighted by Crippen LogP contribution is 2.42. The zero-order valence-electron chi connectivity index (χ0n) is 9.60. The molecule has 1 atom stereocenters. The van der Waals surface area contributed by atoms with Gasteiger partial charge in [-0.25, -0.2) is 0 Å². The van der Waals surface area contributed by atoms with E-state index in [-0.39, 0.29) is 5.92 Å². The van der Waals surface area contributed by atoms with E-state index in [4.69, 9.17) is 10.3 Å². The van der Waals surface area contributed by atoms with Crippen LogP contribution in [0.15, 0.2) is 32.7 Å². The summed E-state index contributed by atoms with van der Waals surface area (Å²) in [6.07, 6.45) is 0. The molecule has 3 N–H and O–H groups in total. The zero-order valence-corrected chi connectivity index (χ0v) is 10.4. The predicted octanol–water partition coefficient (Wildman–Crippen LogP) is 2.30. The molecule has 2 aromatic rings. The van der Waals surface area contributed by atoms with Crippen molar-refractivity contribution in [2.75, 3.05) is 5.32 Å². The van der Waals surface area contributed by atoms with Gasteiger partial charge in [0.25, 0.3) is 0 Å². The van der Waals surface area contributed by atoms with Gasteiger partial charge in [0.15, 0.2) is 0 Å². The van der Waals surface area contributed by atoms with Gasteiger partial charge in [-0.2, -0.15) is 16.6 Å². The van der Waals surface area contributed by atoms with Gasteiger partial charge < -0.3 is 15.6 Å². The molecular weight excluding hydrogens is 248 g/mol. The molecule has 2 aromatic heterocycles. The number of nitrogens with one attached hydrogen (secondary N) is 1. The zero-order chi connectivity index (χ0) is 12.7. The summed E-state index contributed by atoms with van der Waals surface area (Å²) in [5.74, 6) is 0.668. The average Bonchev–Trinajstić information content (AvgIpc) is 2.98. The monoisotopic (exact) mass is 258 g/mol. The minimum absolute atomic E-state index is 0.191. The van der Waals surface area contributed by atoms with Crippen LogP contribution in [0, 0.1) is 18.3 Å². The molecule has 0 aliphatic carbocycles. The summed E-state index contributed by atoms with van der Waals surface area (Å²) in [5, 5.41) is 20.1. The van der Waals surface area contributed by atoms with Crippen LogP contribution in [0.25, 0.3) is 0 Å². The van der Waals surface area contributed by atoms with Gasteiger partial charge in [-0.15, -0.1) is 0 Å². The molecule has 3 heterocycles. The number of rotatable bonds is 1. The summed E-state index contributed by atoms with van der Waals surface area (Å²) in [6.45, 7) is 1.86. The van der Waals surface area contributed by atoms with Crippen LogP contribution in [-0.4, -0.2) is 5.16 Å². The molecule has 1 aliphatic rings. The van der Waals surface area contributed by atoms with E-state index in [0.717, 1.165) is 16.8 Å². The molecule has 0 radical (unpaired) electrons. The van der Waals surface area contributed by atoms with Crippen molar-refractivity contribution in [1.29, 1.82) is 5.26 Å². The Morgan fingerprint density at radius 3 is 3.11 bits per heavy atom. The smallest absolute Gasteiger partial charge is 0.234 e. The van der Waals surface area contributed by atoms with Crippen LogP contribution in [0.2, 0.25) is 0 Å². The first-order valence-corrected chi connectivity index (χ1v) is 6.31. The van der Waals surface area contributed by atoms with E-state index in [2.05, 4.69) is 16.5 Å². The third-order valence-electron chi connectivity index (χ3n) is 3.02. The van der Waals surface area contributed by atoms with Gasteiger partial charge >= 0.3 is 0 Å². The van der Waals surface area contributed by atoms with Crippen LogP contribution in [0.5, 0.6) is 0 Å². The van der Waals surface area contributed by atoms with Crippen LogP contribution in [0.3, 0.4) is 0 Å². The van der Waals surface area contributed by atoms with E-state index in [1.165, 1.54) is 0 Å². The van der Waals surface area contributed by atoms with Gasteiger partial charge in [-0.1, -0.05) is 5.16 Å². The SMILES string of the molecule is Cc1noc2c1[C@H](c1ccsc1)C(C#N)=C(N)N2. The van der Waals surface area contributed by atoms with E-state index in [1.54, 1.807) is 11.3 Å². The Kier molecular flexibility index (Phi) is 2.35. The lowest BCUT2D eigenvalue weighted by molar-refractivity contribution is 0.427. The predicted molar refractivity (Wildman–Crippen MR) is 67.9 cm³/mol. The second kappa shape index (κ2) is 3.89. The second-order valence-corrected chi connectivity index (χ2v) is 4.84. The Hall–Kier alpha value is -2.26. The molecule has 0 saturated carbocycles. The molecule has 0 bridgehead atoms. The van der Waals surface area contributed by atoms with E-state index in [0.29, 0.717) is 17.3 Å². The van der Waals surface area contributed by atoms with Gasteiger partial charge in [0.2, 0.25) is 5.88 Å². The van der Waals surface area contributed by atoms with Crippen molar-refractivity contribution in [3.63, 3.8) is 0 Å². The van der Waals surface area contributed by atoms with E-state index in [1.807, 2.05) is 23.8 Å². The lowest BCUT2D eigenvalue weighted by atomic mass is 9.85. The fourth-order valence-corrected chi connectivity index (χ4v) is 2.88. The maximum atomic E-state index is 9.31. The molecule has 0 spiro atoms. The number of thiophene rings is 1. The van der Waals surface area contributed by atoms with Gasteiger partial charge in [0.05, 0.1) is 28.8 Å². The van der Waals surface area contributed by atoms with Crippen molar-refractivity contribution in [3.05, 3.63) is 45.0 Å². The second-order valence-electron chi connectivity index (χ2n) is 4.06. The van der Waals surface area contributed by atoms with Gasteiger partial charge in [0.1, 0.15) is 5.82 Å². The largest absolute Gasteiger partial charge is 0.384 e. The van der Waals surface area contributed by atoms with Crippen molar-refractivity contribution < 1.29 is 4.52 Å². The van der Waals surface area contributed by atoms with Crippen LogP contribution in [-0.2, 0) is 0 Å². The van der Waals surface area contributed by atoms with Crippen molar-refractivity contribution in [3.8, 4) is 6.07 Å². The number of nitrogens with zero attached hydrogens (tertiary/aromatic N) is 2. The van der Waals surface area contributed by atoms with Gasteiger partial charge in [-0.3, -0.25) is 0 Å². The number of nitriles is 1. The Labute approximate surface area is 108 Å². The van der Waals surface area contributed by atoms with E-state index < -0.39 is 0 Å². The molecule has 0 fully saturated rings. The highest BCUT2D eigenvalue weighted by Gasteiger charge is 2.33. The third kappa shape index (κ3) is 1.41. The standard InChI is InChI=1S/C12H10N4OS/c1-6-9-10(7-2-3-18-5-7)8(4-13)11(14)15-12(9)17-16-6/h2-3,5,10,15H,14H2,1H3/t10-/m1/s1. The van der Waals surface area contributed by atoms with E-state index in [9.17, 15) is 5.26 Å². The number of fused-ring (bicyclic) bond motifs is 1. The summed E-state index contributed by atoms with van der Waals surface area (Å²) >= 11 is 1.59. The van der Waals surface area contributed by atoms with Gasteiger partial charge in [0, 0.05) is 0 Å². The van der Waals surface area contributed by atoms with Crippen molar-refractivity contribution >= 4 is 17.2 Å². The lowest BCUT2D eigenvalue weighted by Crippen LogP contribution is -2.22. The molecular formula is C12H10N4OS. The third-order valence-corrected chi connectivity index (χ3v) is 3.72. The Balaban J connectivity index is 2.25. The molecule has 0 saturated heterocycles. The first-order valence-electron chi connectivity index (χ1n) is 5.37. The van der Waals surface area contributed by atoms with Crippen molar-refractivity contribution in [2.24, 2.45) is 5.73 Å². The molecule has 6 heteroatoms. The van der Waals surface area contributed by atoms with Crippen molar-refractivity contribution in [1.82, 2.24) is 5.16 Å². The van der Waals surface area contributed by atoms with Crippen molar-refractivity contribution in [2.45, 2.75) is 12.8 Å². The van der Waals surface area contributed by atoms with Crippen LogP contribution < -0.4 is 11.1 Å². The Bertz CT molecular complexity index is 663. The summed E-state index contributed by atoms with van der Waals surface area (Å²) in [5.41, 5.74) is 9.07. The highest BCUT2D eigenvalue weighted by molar-refractivity contribution is 7.08. The molecule has 18 heavy (non-hydrogen) atoms. The number of allylic oxidation sites excluding steroid dienone is 1. The molecule has 0 amide bonds. The highest BCUT2D eigenvalue weighted by atomic mass is 32.1. The normalized spacial score (nSPS) is 18.1. The molecule has 5 nitrogen and oxygen atoms in total. The Morgan fingerprint density at radius 2 is 2.44 bits per heavy atom. The lowest BCUT2D eigenvalue weighted by Gasteiger charge is -2.22. The first kappa shape index (κ1) is 10.9. The number of anilines is 1. The summed E-state index contributed by atoms with van der Waals surface area (Å²) in [6, 6.07) is 4.16. The molecule has 90 valence electrons. The fourth-order valence-electron chi connectivity index (χ4n) is 2.19. The number of aromatic nitrogens is 1. The molecule has 0 aromatic carbocycles. The summed E-state index contributed by atoms with van der Waals surface area (Å²) in [7, 11) is 0. The summed E-state index contributed by atoms with van der Waals surface area (Å²) in [4.78, 5) is 0. The number of hydrogen-bond donors (Lipinski definition) is 2. The minimum atomic E-state index is -0.191. The topological polar surface area (TPSA) is 87.9 Å². The maximum Gasteiger partial charge on any atom is 0.234 e. The fraction of sp³-hybridized carbons (Fsp3) is 0.167. The summed E-state index contributed by atoms with van der Waals surface area (Å²) < 4.78 is 5.20. The molecule has 3 rings (SSSR count). The maximum absolute atomic E-state index is 9.31. The van der Waals surface area contributed by atoms with Crippen LogP contribution in [0.1, 0.15) is 22.7 Å². The van der Waals surface area contributed by atoms with Crippen LogP contribution in [0.4, 0.5) is 5.88 Å². The van der Waals surface area contributed by atoms with Gasteiger partial charge in [-0.05, 0) is 29.3 Å². The average molecular weight is 258 g/mol. The first-order chi connectivity index (χ1) is 8.72. The van der Waals surface area contributed by atoms with E-state index >= 15 is 0 Å². The molecule has 1 aliphatic heterocycles. The number of hydrogen-bond acceptors (Lipinski definition) is 6. The number of aryl methyl sites for hydroxylation is 1. The van der Waals surface area contributed by atoms with Crippen LogP contribution >= 0.6 is 11.3 Å². The minimum Gasteiger partial charge on any atom is -0.384 e. The quantitative estimate of drug-likeness (QED) is 0.819. The Morgan fingerprint density at radius 1 is 1.61 bits per heavy atom. The number of nitrogens with two attached hydrogens (primary N) is 1. The molecule has 0 unspecified atom stereocenters.